The molecule has 0 bridgehead atoms. The monoisotopic (exact) mass is 464 g/mol. The molecule has 1 saturated carbocycles. The number of ether oxygens (including phenoxy) is 4. The van der Waals surface area contributed by atoms with Gasteiger partial charge in [-0.15, -0.1) is 0 Å². The van der Waals surface area contributed by atoms with Crippen LogP contribution in [0.3, 0.4) is 0 Å². The summed E-state index contributed by atoms with van der Waals surface area (Å²) in [5.41, 5.74) is -1.24. The van der Waals surface area contributed by atoms with Crippen molar-refractivity contribution in [1.29, 1.82) is 0 Å². The Morgan fingerprint density at radius 1 is 1.00 bits per heavy atom. The molecule has 4 unspecified atom stereocenters. The van der Waals surface area contributed by atoms with Crippen LogP contribution in [-0.2, 0) is 23.9 Å². The van der Waals surface area contributed by atoms with E-state index in [1.54, 1.807) is 18.2 Å². The van der Waals surface area contributed by atoms with Crippen LogP contribution in [0, 0.1) is 23.7 Å². The minimum absolute atomic E-state index is 0.0714. The zero-order chi connectivity index (χ0) is 24.9. The quantitative estimate of drug-likeness (QED) is 0.439. The summed E-state index contributed by atoms with van der Waals surface area (Å²) in [6.07, 6.45) is -0.361. The Morgan fingerprint density at radius 2 is 1.55 bits per heavy atom. The second-order valence-corrected chi connectivity index (χ2v) is 9.64. The van der Waals surface area contributed by atoms with Gasteiger partial charge in [0.25, 0.3) is 0 Å². The van der Waals surface area contributed by atoms with Crippen LogP contribution in [0.2, 0.25) is 0 Å². The zero-order valence-electron chi connectivity index (χ0n) is 20.5. The molecule has 1 aromatic rings. The van der Waals surface area contributed by atoms with Gasteiger partial charge >= 0.3 is 11.9 Å². The highest BCUT2D eigenvalue weighted by Gasteiger charge is 2.57. The highest BCUT2D eigenvalue weighted by atomic mass is 16.5. The van der Waals surface area contributed by atoms with Crippen LogP contribution in [-0.4, -0.2) is 55.9 Å². The Hall–Kier alpha value is -2.61. The fourth-order valence-electron chi connectivity index (χ4n) is 4.15. The highest BCUT2D eigenvalue weighted by molar-refractivity contribution is 6.02. The molecule has 184 valence electrons. The molecule has 8 heteroatoms. The molecule has 1 aromatic carbocycles. The van der Waals surface area contributed by atoms with Gasteiger partial charge in [-0.05, 0) is 36.5 Å². The molecule has 1 fully saturated rings. The van der Waals surface area contributed by atoms with Crippen LogP contribution in [0.15, 0.2) is 18.2 Å². The molecule has 1 N–H and O–H groups in total. The van der Waals surface area contributed by atoms with Gasteiger partial charge < -0.3 is 24.1 Å². The zero-order valence-corrected chi connectivity index (χ0v) is 20.5. The van der Waals surface area contributed by atoms with E-state index in [1.165, 1.54) is 21.1 Å². The van der Waals surface area contributed by atoms with Gasteiger partial charge in [0, 0.05) is 12.3 Å². The molecule has 33 heavy (non-hydrogen) atoms. The third-order valence-electron chi connectivity index (χ3n) is 5.69. The Balaban J connectivity index is 2.61. The van der Waals surface area contributed by atoms with E-state index < -0.39 is 41.1 Å². The molecule has 1 aliphatic rings. The summed E-state index contributed by atoms with van der Waals surface area (Å²) in [7, 11) is 2.96. The first-order chi connectivity index (χ1) is 15.4. The summed E-state index contributed by atoms with van der Waals surface area (Å²) in [5, 5.41) is 11.2. The van der Waals surface area contributed by atoms with Crippen molar-refractivity contribution in [3.63, 3.8) is 0 Å². The maximum Gasteiger partial charge on any atom is 0.317 e. The molecular weight excluding hydrogens is 428 g/mol. The molecule has 4 atom stereocenters. The van der Waals surface area contributed by atoms with Crippen LogP contribution in [0.25, 0.3) is 0 Å². The van der Waals surface area contributed by atoms with Crippen LogP contribution < -0.4 is 9.47 Å². The van der Waals surface area contributed by atoms with E-state index in [0.717, 1.165) is 0 Å². The lowest BCUT2D eigenvalue weighted by Crippen LogP contribution is -2.55. The van der Waals surface area contributed by atoms with E-state index >= 15 is 0 Å². The van der Waals surface area contributed by atoms with Gasteiger partial charge in [-0.1, -0.05) is 33.8 Å². The molecule has 2 rings (SSSR count). The summed E-state index contributed by atoms with van der Waals surface area (Å²) in [5.74, 6) is -4.32. The maximum atomic E-state index is 13.2. The Bertz CT molecular complexity index is 858. The topological polar surface area (TPSA) is 108 Å². The van der Waals surface area contributed by atoms with Crippen molar-refractivity contribution >= 4 is 17.7 Å². The number of carbonyl (C=O) groups excluding carboxylic acids is 3. The summed E-state index contributed by atoms with van der Waals surface area (Å²) < 4.78 is 21.6. The smallest absolute Gasteiger partial charge is 0.317 e. The summed E-state index contributed by atoms with van der Waals surface area (Å²) in [6.45, 7) is 9.29. The predicted molar refractivity (Wildman–Crippen MR) is 121 cm³/mol. The van der Waals surface area contributed by atoms with Crippen LogP contribution in [0.4, 0.5) is 0 Å². The van der Waals surface area contributed by atoms with E-state index in [2.05, 4.69) is 0 Å². The summed E-state index contributed by atoms with van der Waals surface area (Å²) in [6, 6.07) is 4.91. The summed E-state index contributed by atoms with van der Waals surface area (Å²) in [4.78, 5) is 39.4. The van der Waals surface area contributed by atoms with E-state index in [4.69, 9.17) is 18.9 Å². The minimum Gasteiger partial charge on any atom is -0.493 e. The molecular formula is C25H36O8. The number of hydrogen-bond donors (Lipinski definition) is 1. The van der Waals surface area contributed by atoms with Crippen molar-refractivity contribution in [2.45, 2.75) is 52.6 Å². The average molecular weight is 465 g/mol. The van der Waals surface area contributed by atoms with Crippen LogP contribution in [0.5, 0.6) is 11.5 Å². The molecule has 0 radical (unpaired) electrons. The third-order valence-corrected chi connectivity index (χ3v) is 5.69. The molecule has 0 aliphatic heterocycles. The Morgan fingerprint density at radius 3 is 2.06 bits per heavy atom. The number of carbonyl (C=O) groups is 3. The average Bonchev–Trinajstić information content (AvgIpc) is 2.74. The largest absolute Gasteiger partial charge is 0.493 e. The number of aliphatic hydroxyl groups is 1. The van der Waals surface area contributed by atoms with Gasteiger partial charge in [0.1, 0.15) is 5.92 Å². The SMILES string of the molecule is COc1ccc(C2C(C(=O)OCC(C)C)C(=O)CC(C)(O)C2C(=O)OCC(C)C)cc1OC. The van der Waals surface area contributed by atoms with E-state index in [1.807, 2.05) is 27.7 Å². The lowest BCUT2D eigenvalue weighted by molar-refractivity contribution is -0.173. The lowest BCUT2D eigenvalue weighted by atomic mass is 9.61. The third kappa shape index (κ3) is 6.25. The van der Waals surface area contributed by atoms with Gasteiger partial charge in [-0.3, -0.25) is 14.4 Å². The van der Waals surface area contributed by atoms with Crippen molar-refractivity contribution in [1.82, 2.24) is 0 Å². The van der Waals surface area contributed by atoms with E-state index in [-0.39, 0.29) is 31.5 Å². The normalized spacial score (nSPS) is 25.2. The van der Waals surface area contributed by atoms with Crippen molar-refractivity contribution in [2.24, 2.45) is 23.7 Å². The van der Waals surface area contributed by atoms with Gasteiger partial charge in [-0.25, -0.2) is 0 Å². The number of benzene rings is 1. The highest BCUT2D eigenvalue weighted by Crippen LogP contribution is 2.48. The lowest BCUT2D eigenvalue weighted by Gasteiger charge is -2.43. The number of esters is 2. The minimum atomic E-state index is -1.71. The number of hydrogen-bond acceptors (Lipinski definition) is 8. The summed E-state index contributed by atoms with van der Waals surface area (Å²) >= 11 is 0. The number of rotatable bonds is 9. The Kier molecular flexibility index (Phi) is 8.89. The molecule has 0 spiro atoms. The second-order valence-electron chi connectivity index (χ2n) is 9.64. The second kappa shape index (κ2) is 11.0. The molecule has 0 heterocycles. The van der Waals surface area contributed by atoms with E-state index in [0.29, 0.717) is 17.1 Å². The van der Waals surface area contributed by atoms with Crippen LogP contribution in [0.1, 0.15) is 52.5 Å². The van der Waals surface area contributed by atoms with Gasteiger partial charge in [0.05, 0.1) is 39.0 Å². The number of Topliss-reactive ketones (excluding diaryl/α,β-unsaturated/α-hetero) is 1. The van der Waals surface area contributed by atoms with Gasteiger partial charge in [0.15, 0.2) is 17.3 Å². The standard InChI is InChI=1S/C25H36O8/c1-14(2)12-32-23(27)21-17(26)11-25(5,29)22(24(28)33-13-15(3)4)20(21)16-8-9-18(30-6)19(10-16)31-7/h8-10,14-15,20-22,29H,11-13H2,1-7H3. The number of ketones is 1. The van der Waals surface area contributed by atoms with E-state index in [9.17, 15) is 19.5 Å². The van der Waals surface area contributed by atoms with Crippen molar-refractivity contribution in [2.75, 3.05) is 27.4 Å². The Labute approximate surface area is 195 Å². The van der Waals surface area contributed by atoms with Crippen molar-refractivity contribution in [3.8, 4) is 11.5 Å². The van der Waals surface area contributed by atoms with Crippen molar-refractivity contribution in [3.05, 3.63) is 23.8 Å². The first kappa shape index (κ1) is 26.6. The maximum absolute atomic E-state index is 13.2. The fraction of sp³-hybridized carbons (Fsp3) is 0.640. The molecule has 0 saturated heterocycles. The first-order valence-electron chi connectivity index (χ1n) is 11.2. The molecule has 0 amide bonds. The fourth-order valence-corrected chi connectivity index (χ4v) is 4.15. The van der Waals surface area contributed by atoms with Crippen LogP contribution >= 0.6 is 0 Å². The van der Waals surface area contributed by atoms with Gasteiger partial charge in [0.2, 0.25) is 0 Å². The molecule has 1 aliphatic carbocycles. The molecule has 8 nitrogen and oxygen atoms in total. The van der Waals surface area contributed by atoms with Crippen molar-refractivity contribution < 1.29 is 38.4 Å². The number of methoxy groups -OCH3 is 2. The predicted octanol–water partition coefficient (Wildman–Crippen LogP) is 3.14. The first-order valence-corrected chi connectivity index (χ1v) is 11.2. The van der Waals surface area contributed by atoms with Gasteiger partial charge in [-0.2, -0.15) is 0 Å². The molecule has 0 aromatic heterocycles.